The Morgan fingerprint density at radius 1 is 1.41 bits per heavy atom. The Hall–Kier alpha value is -1.90. The first-order valence-electron chi connectivity index (χ1n) is 9.43. The van der Waals surface area contributed by atoms with Crippen LogP contribution in [-0.2, 0) is 26.0 Å². The second-order valence-corrected chi connectivity index (χ2v) is 10.2. The lowest BCUT2D eigenvalue weighted by molar-refractivity contribution is -0.130. The molecule has 27 heavy (non-hydrogen) atoms. The van der Waals surface area contributed by atoms with Crippen LogP contribution in [0.4, 0.5) is 0 Å². The van der Waals surface area contributed by atoms with Crippen LogP contribution in [0.15, 0.2) is 6.07 Å². The Morgan fingerprint density at radius 3 is 2.74 bits per heavy atom. The third-order valence-corrected chi connectivity index (χ3v) is 7.14. The van der Waals surface area contributed by atoms with Gasteiger partial charge in [-0.1, -0.05) is 6.92 Å². The molecule has 2 aliphatic rings. The van der Waals surface area contributed by atoms with E-state index in [1.807, 2.05) is 31.5 Å². The Labute approximate surface area is 160 Å². The van der Waals surface area contributed by atoms with Crippen LogP contribution in [0.5, 0.6) is 0 Å². The smallest absolute Gasteiger partial charge is 0.225 e. The molecule has 8 nitrogen and oxygen atoms in total. The molecule has 2 saturated heterocycles. The van der Waals surface area contributed by atoms with Gasteiger partial charge < -0.3 is 10.2 Å². The van der Waals surface area contributed by atoms with Gasteiger partial charge >= 0.3 is 0 Å². The molecule has 3 atom stereocenters. The van der Waals surface area contributed by atoms with Gasteiger partial charge in [-0.3, -0.25) is 14.3 Å². The van der Waals surface area contributed by atoms with Gasteiger partial charge in [0.05, 0.1) is 23.1 Å². The van der Waals surface area contributed by atoms with Crippen molar-refractivity contribution in [3.05, 3.63) is 17.5 Å². The summed E-state index contributed by atoms with van der Waals surface area (Å²) in [5, 5.41) is 7.38. The van der Waals surface area contributed by atoms with Gasteiger partial charge in [-0.15, -0.1) is 0 Å². The average molecular weight is 397 g/mol. The lowest BCUT2D eigenvalue weighted by atomic mass is 10.1. The maximum absolute atomic E-state index is 12.5. The van der Waals surface area contributed by atoms with E-state index in [-0.39, 0.29) is 41.7 Å². The molecule has 2 fully saturated rings. The molecule has 3 heterocycles. The summed E-state index contributed by atoms with van der Waals surface area (Å²) >= 11 is 0. The Balaban J connectivity index is 1.48. The Morgan fingerprint density at radius 2 is 2.15 bits per heavy atom. The number of carbonyl (C=O) groups is 2. The van der Waals surface area contributed by atoms with E-state index in [9.17, 15) is 18.0 Å². The third kappa shape index (κ3) is 4.69. The van der Waals surface area contributed by atoms with Crippen LogP contribution < -0.4 is 5.32 Å². The van der Waals surface area contributed by atoms with Gasteiger partial charge in [-0.2, -0.15) is 5.10 Å². The van der Waals surface area contributed by atoms with Gasteiger partial charge in [0.2, 0.25) is 11.8 Å². The summed E-state index contributed by atoms with van der Waals surface area (Å²) < 4.78 is 25.2. The molecule has 2 amide bonds. The molecular weight excluding hydrogens is 368 g/mol. The van der Waals surface area contributed by atoms with Crippen molar-refractivity contribution in [2.45, 2.75) is 46.2 Å². The Kier molecular flexibility index (Phi) is 5.60. The molecule has 0 aromatic carbocycles. The number of nitrogens with one attached hydrogen (secondary N) is 1. The largest absolute Gasteiger partial charge is 0.355 e. The van der Waals surface area contributed by atoms with Crippen molar-refractivity contribution >= 4 is 21.7 Å². The summed E-state index contributed by atoms with van der Waals surface area (Å²) in [6.07, 6.45) is 0.635. The molecule has 1 N–H and O–H groups in total. The van der Waals surface area contributed by atoms with E-state index >= 15 is 0 Å². The molecule has 9 heteroatoms. The summed E-state index contributed by atoms with van der Waals surface area (Å²) in [5.74, 6) is -0.295. The van der Waals surface area contributed by atoms with E-state index in [0.717, 1.165) is 17.9 Å². The molecule has 0 unspecified atom stereocenters. The molecule has 0 saturated carbocycles. The average Bonchev–Trinajstić information content (AvgIpc) is 3.22. The zero-order chi connectivity index (χ0) is 19.8. The molecule has 0 bridgehead atoms. The number of hydrogen-bond acceptors (Lipinski definition) is 5. The molecule has 0 radical (unpaired) electrons. The minimum Gasteiger partial charge on any atom is -0.355 e. The fourth-order valence-electron chi connectivity index (χ4n) is 3.92. The van der Waals surface area contributed by atoms with E-state index in [2.05, 4.69) is 10.4 Å². The predicted octanol–water partition coefficient (Wildman–Crippen LogP) is 0.288. The first kappa shape index (κ1) is 19.9. The standard InChI is InChI=1S/C18H28N4O4S/c1-12(9-22-14(3)6-13(2)20-22)8-19-18(24)15-7-17(23)21(10-15)16-4-5-27(25,26)11-16/h6,12,15-16H,4-5,7-11H2,1-3H3,(H,19,24)/t12-,15-,16+/m1/s1. The monoisotopic (exact) mass is 396 g/mol. The predicted molar refractivity (Wildman–Crippen MR) is 101 cm³/mol. The van der Waals surface area contributed by atoms with E-state index < -0.39 is 15.8 Å². The summed E-state index contributed by atoms with van der Waals surface area (Å²) in [5.41, 5.74) is 2.07. The second kappa shape index (κ2) is 7.61. The highest BCUT2D eigenvalue weighted by molar-refractivity contribution is 7.91. The number of aromatic nitrogens is 2. The maximum atomic E-state index is 12.5. The SMILES string of the molecule is Cc1cc(C)n(C[C@H](C)CNC(=O)[C@@H]2CC(=O)N([C@H]3CCS(=O)(=O)C3)C2)n1. The van der Waals surface area contributed by atoms with Crippen molar-refractivity contribution in [2.75, 3.05) is 24.6 Å². The lowest BCUT2D eigenvalue weighted by Crippen LogP contribution is -2.39. The number of likely N-dealkylation sites (tertiary alicyclic amines) is 1. The van der Waals surface area contributed by atoms with Crippen molar-refractivity contribution in [3.8, 4) is 0 Å². The van der Waals surface area contributed by atoms with Crippen molar-refractivity contribution in [2.24, 2.45) is 11.8 Å². The molecule has 0 aliphatic carbocycles. The molecule has 3 rings (SSSR count). The van der Waals surface area contributed by atoms with E-state index in [0.29, 0.717) is 19.5 Å². The highest BCUT2D eigenvalue weighted by atomic mass is 32.2. The van der Waals surface area contributed by atoms with Crippen LogP contribution in [0.25, 0.3) is 0 Å². The molecule has 2 aliphatic heterocycles. The minimum absolute atomic E-state index is 0.0206. The van der Waals surface area contributed by atoms with E-state index in [1.165, 1.54) is 0 Å². The van der Waals surface area contributed by atoms with Crippen LogP contribution in [0, 0.1) is 25.7 Å². The number of sulfone groups is 1. The summed E-state index contributed by atoms with van der Waals surface area (Å²) in [4.78, 5) is 26.3. The zero-order valence-electron chi connectivity index (χ0n) is 16.1. The van der Waals surface area contributed by atoms with Crippen molar-refractivity contribution < 1.29 is 18.0 Å². The molecule has 0 spiro atoms. The second-order valence-electron chi connectivity index (χ2n) is 7.96. The number of carbonyl (C=O) groups excluding carboxylic acids is 2. The maximum Gasteiger partial charge on any atom is 0.225 e. The quantitative estimate of drug-likeness (QED) is 0.745. The Bertz CT molecular complexity index is 832. The first-order chi connectivity index (χ1) is 12.6. The fourth-order valence-corrected chi connectivity index (χ4v) is 5.65. The van der Waals surface area contributed by atoms with Gasteiger partial charge in [0, 0.05) is 37.8 Å². The fraction of sp³-hybridized carbons (Fsp3) is 0.722. The van der Waals surface area contributed by atoms with Crippen LogP contribution in [0.3, 0.4) is 0 Å². The number of nitrogens with zero attached hydrogens (tertiary/aromatic N) is 3. The third-order valence-electron chi connectivity index (χ3n) is 5.39. The summed E-state index contributed by atoms with van der Waals surface area (Å²) in [6, 6.07) is 1.75. The molecule has 1 aromatic heterocycles. The van der Waals surface area contributed by atoms with Gasteiger partial charge in [0.1, 0.15) is 0 Å². The van der Waals surface area contributed by atoms with Crippen LogP contribution in [-0.4, -0.2) is 65.5 Å². The van der Waals surface area contributed by atoms with Gasteiger partial charge in [0.15, 0.2) is 9.84 Å². The highest BCUT2D eigenvalue weighted by Gasteiger charge is 2.41. The number of aryl methyl sites for hydroxylation is 2. The summed E-state index contributed by atoms with van der Waals surface area (Å²) in [7, 11) is -3.05. The molecular formula is C18H28N4O4S. The number of hydrogen-bond donors (Lipinski definition) is 1. The van der Waals surface area contributed by atoms with Crippen molar-refractivity contribution in [1.29, 1.82) is 0 Å². The first-order valence-corrected chi connectivity index (χ1v) is 11.3. The number of amides is 2. The van der Waals surface area contributed by atoms with Crippen molar-refractivity contribution in [1.82, 2.24) is 20.0 Å². The van der Waals surface area contributed by atoms with E-state index in [1.54, 1.807) is 4.90 Å². The lowest BCUT2D eigenvalue weighted by Gasteiger charge is -2.23. The topological polar surface area (TPSA) is 101 Å². The van der Waals surface area contributed by atoms with Gasteiger partial charge in [0.25, 0.3) is 0 Å². The van der Waals surface area contributed by atoms with Crippen LogP contribution in [0.2, 0.25) is 0 Å². The summed E-state index contributed by atoms with van der Waals surface area (Å²) in [6.45, 7) is 7.56. The molecule has 1 aromatic rings. The van der Waals surface area contributed by atoms with Gasteiger partial charge in [-0.05, 0) is 32.3 Å². The van der Waals surface area contributed by atoms with Crippen LogP contribution in [0.1, 0.15) is 31.2 Å². The number of rotatable bonds is 6. The minimum atomic E-state index is -3.05. The van der Waals surface area contributed by atoms with Crippen molar-refractivity contribution in [3.63, 3.8) is 0 Å². The normalized spacial score (nSPS) is 25.7. The van der Waals surface area contributed by atoms with E-state index in [4.69, 9.17) is 0 Å². The van der Waals surface area contributed by atoms with Crippen LogP contribution >= 0.6 is 0 Å². The highest BCUT2D eigenvalue weighted by Crippen LogP contribution is 2.26. The zero-order valence-corrected chi connectivity index (χ0v) is 17.0. The molecule has 150 valence electrons. The van der Waals surface area contributed by atoms with Gasteiger partial charge in [-0.25, -0.2) is 8.42 Å².